The SMILES string of the molecule is O=c1[nH]c(O)c(Cc2c[nH]c3ccc([N+](=O)[O-])cc23)s1. The molecule has 2 heterocycles. The lowest BCUT2D eigenvalue weighted by molar-refractivity contribution is -0.384. The van der Waals surface area contributed by atoms with E-state index < -0.39 is 4.92 Å². The maximum Gasteiger partial charge on any atom is 0.307 e. The van der Waals surface area contributed by atoms with Crippen molar-refractivity contribution < 1.29 is 10.0 Å². The Morgan fingerprint density at radius 3 is 2.85 bits per heavy atom. The zero-order valence-electron chi connectivity index (χ0n) is 10.0. The number of aromatic hydroxyl groups is 1. The number of aromatic nitrogens is 2. The summed E-state index contributed by atoms with van der Waals surface area (Å²) in [6.45, 7) is 0. The highest BCUT2D eigenvalue weighted by Crippen LogP contribution is 2.28. The normalized spacial score (nSPS) is 11.0. The quantitative estimate of drug-likeness (QED) is 0.506. The van der Waals surface area contributed by atoms with E-state index in [1.807, 2.05) is 0 Å². The molecule has 0 bridgehead atoms. The molecule has 1 aromatic carbocycles. The van der Waals surface area contributed by atoms with Gasteiger partial charge in [0.1, 0.15) is 0 Å². The van der Waals surface area contributed by atoms with Gasteiger partial charge in [0.15, 0.2) is 0 Å². The summed E-state index contributed by atoms with van der Waals surface area (Å²) in [7, 11) is 0. The maximum atomic E-state index is 11.2. The molecule has 0 amide bonds. The molecule has 0 unspecified atom stereocenters. The predicted molar refractivity (Wildman–Crippen MR) is 74.4 cm³/mol. The number of nitrogens with one attached hydrogen (secondary N) is 2. The number of hydrogen-bond donors (Lipinski definition) is 3. The first-order chi connectivity index (χ1) is 9.54. The summed E-state index contributed by atoms with van der Waals surface area (Å²) in [4.78, 5) is 27.0. The van der Waals surface area contributed by atoms with E-state index in [0.717, 1.165) is 22.4 Å². The van der Waals surface area contributed by atoms with Gasteiger partial charge < -0.3 is 10.1 Å². The molecule has 8 heteroatoms. The van der Waals surface area contributed by atoms with Crippen LogP contribution in [0.1, 0.15) is 10.4 Å². The van der Waals surface area contributed by atoms with Crippen LogP contribution in [0, 0.1) is 10.1 Å². The lowest BCUT2D eigenvalue weighted by Gasteiger charge is -1.98. The van der Waals surface area contributed by atoms with Gasteiger partial charge in [-0.25, -0.2) is 0 Å². The summed E-state index contributed by atoms with van der Waals surface area (Å²) in [5.41, 5.74) is 1.56. The van der Waals surface area contributed by atoms with Gasteiger partial charge in [0.25, 0.3) is 5.69 Å². The number of nitro groups is 1. The predicted octanol–water partition coefficient (Wildman–Crippen LogP) is 2.12. The van der Waals surface area contributed by atoms with Crippen LogP contribution in [0.25, 0.3) is 10.9 Å². The molecule has 0 spiro atoms. The molecule has 102 valence electrons. The molecule has 3 rings (SSSR count). The van der Waals surface area contributed by atoms with Crippen molar-refractivity contribution in [1.82, 2.24) is 9.97 Å². The van der Waals surface area contributed by atoms with E-state index in [1.54, 1.807) is 12.3 Å². The van der Waals surface area contributed by atoms with E-state index in [1.165, 1.54) is 12.1 Å². The summed E-state index contributed by atoms with van der Waals surface area (Å²) in [5.74, 6) is -0.153. The number of thiazole rings is 1. The Kier molecular flexibility index (Phi) is 2.79. The van der Waals surface area contributed by atoms with Crippen LogP contribution in [0.2, 0.25) is 0 Å². The first-order valence-corrected chi connectivity index (χ1v) is 6.51. The Bertz CT molecular complexity index is 861. The van der Waals surface area contributed by atoms with Gasteiger partial charge in [-0.3, -0.25) is 19.9 Å². The molecule has 0 fully saturated rings. The molecular weight excluding hydrogens is 282 g/mol. The number of non-ortho nitro benzene ring substituents is 1. The zero-order valence-corrected chi connectivity index (χ0v) is 10.9. The third-order valence-corrected chi connectivity index (χ3v) is 3.88. The molecule has 7 nitrogen and oxygen atoms in total. The highest BCUT2D eigenvalue weighted by atomic mass is 32.1. The third-order valence-electron chi connectivity index (χ3n) is 3.01. The van der Waals surface area contributed by atoms with Crippen molar-refractivity contribution in [2.24, 2.45) is 0 Å². The van der Waals surface area contributed by atoms with Crippen LogP contribution in [0.4, 0.5) is 5.69 Å². The van der Waals surface area contributed by atoms with Crippen molar-refractivity contribution in [2.45, 2.75) is 6.42 Å². The van der Waals surface area contributed by atoms with Gasteiger partial charge in [0.2, 0.25) is 5.88 Å². The third kappa shape index (κ3) is 2.05. The van der Waals surface area contributed by atoms with Crippen molar-refractivity contribution in [1.29, 1.82) is 0 Å². The van der Waals surface area contributed by atoms with E-state index in [9.17, 15) is 20.0 Å². The van der Waals surface area contributed by atoms with Crippen molar-refractivity contribution in [3.05, 3.63) is 54.6 Å². The van der Waals surface area contributed by atoms with Crippen LogP contribution in [0.15, 0.2) is 29.2 Å². The number of rotatable bonds is 3. The monoisotopic (exact) mass is 291 g/mol. The van der Waals surface area contributed by atoms with Crippen molar-refractivity contribution in [2.75, 3.05) is 0 Å². The van der Waals surface area contributed by atoms with Gasteiger partial charge in [-0.1, -0.05) is 11.3 Å². The minimum Gasteiger partial charge on any atom is -0.494 e. The number of benzene rings is 1. The Hall–Kier alpha value is -2.61. The molecule has 2 aromatic heterocycles. The standard InChI is InChI=1S/C12H9N3O4S/c16-11-10(20-12(17)14-11)3-6-5-13-9-2-1-7(15(18)19)4-8(6)9/h1-2,4-5,13,16H,3H2,(H,14,17). The summed E-state index contributed by atoms with van der Waals surface area (Å²) >= 11 is 0.923. The molecule has 0 radical (unpaired) electrons. The smallest absolute Gasteiger partial charge is 0.307 e. The number of nitrogens with zero attached hydrogens (tertiary/aromatic N) is 1. The Labute approximate surface area is 115 Å². The number of fused-ring (bicyclic) bond motifs is 1. The second-order valence-electron chi connectivity index (χ2n) is 4.26. The van der Waals surface area contributed by atoms with E-state index in [-0.39, 0.29) is 16.4 Å². The average molecular weight is 291 g/mol. The fourth-order valence-corrected chi connectivity index (χ4v) is 2.82. The molecule has 0 atom stereocenters. The van der Waals surface area contributed by atoms with Gasteiger partial charge in [0, 0.05) is 35.7 Å². The van der Waals surface area contributed by atoms with Gasteiger partial charge in [0.05, 0.1) is 9.80 Å². The highest BCUT2D eigenvalue weighted by molar-refractivity contribution is 7.09. The molecule has 0 saturated heterocycles. The van der Waals surface area contributed by atoms with Crippen molar-refractivity contribution in [3.63, 3.8) is 0 Å². The fourth-order valence-electron chi connectivity index (χ4n) is 2.07. The minimum absolute atomic E-state index is 0.00447. The second kappa shape index (κ2) is 4.49. The summed E-state index contributed by atoms with van der Waals surface area (Å²) in [6.07, 6.45) is 2.05. The highest BCUT2D eigenvalue weighted by Gasteiger charge is 2.13. The first kappa shape index (κ1) is 12.4. The van der Waals surface area contributed by atoms with Gasteiger partial charge in [-0.05, 0) is 11.6 Å². The van der Waals surface area contributed by atoms with Crippen LogP contribution in [-0.2, 0) is 6.42 Å². The van der Waals surface area contributed by atoms with Crippen molar-refractivity contribution in [3.8, 4) is 5.88 Å². The number of nitro benzene ring substituents is 1. The van der Waals surface area contributed by atoms with E-state index >= 15 is 0 Å². The zero-order chi connectivity index (χ0) is 14.3. The van der Waals surface area contributed by atoms with Crippen molar-refractivity contribution >= 4 is 27.9 Å². The topological polar surface area (TPSA) is 112 Å². The van der Waals surface area contributed by atoms with Gasteiger partial charge in [-0.2, -0.15) is 0 Å². The average Bonchev–Trinajstić information content (AvgIpc) is 2.93. The molecule has 0 aliphatic rings. The Morgan fingerprint density at radius 1 is 1.40 bits per heavy atom. The molecule has 0 saturated carbocycles. The number of hydrogen-bond acceptors (Lipinski definition) is 5. The summed E-state index contributed by atoms with van der Waals surface area (Å²) in [5, 5.41) is 21.1. The molecule has 3 N–H and O–H groups in total. The number of aromatic amines is 2. The van der Waals surface area contributed by atoms with Gasteiger partial charge in [-0.15, -0.1) is 0 Å². The fraction of sp³-hybridized carbons (Fsp3) is 0.0833. The second-order valence-corrected chi connectivity index (χ2v) is 5.33. The Morgan fingerprint density at radius 2 is 2.20 bits per heavy atom. The minimum atomic E-state index is -0.456. The molecule has 0 aliphatic carbocycles. The van der Waals surface area contributed by atoms with Crippen LogP contribution < -0.4 is 4.87 Å². The number of H-pyrrole nitrogens is 2. The molecular formula is C12H9N3O4S. The van der Waals surface area contributed by atoms with E-state index in [4.69, 9.17) is 0 Å². The lowest BCUT2D eigenvalue weighted by Crippen LogP contribution is -1.89. The maximum absolute atomic E-state index is 11.2. The van der Waals surface area contributed by atoms with E-state index in [0.29, 0.717) is 16.7 Å². The van der Waals surface area contributed by atoms with E-state index in [2.05, 4.69) is 9.97 Å². The first-order valence-electron chi connectivity index (χ1n) is 5.70. The van der Waals surface area contributed by atoms with Gasteiger partial charge >= 0.3 is 4.87 Å². The molecule has 0 aliphatic heterocycles. The van der Waals surface area contributed by atoms with Crippen LogP contribution >= 0.6 is 11.3 Å². The summed E-state index contributed by atoms with van der Waals surface area (Å²) < 4.78 is 0. The molecule has 20 heavy (non-hydrogen) atoms. The van der Waals surface area contributed by atoms with Crippen LogP contribution in [0.3, 0.4) is 0 Å². The lowest BCUT2D eigenvalue weighted by atomic mass is 10.1. The largest absolute Gasteiger partial charge is 0.494 e. The Balaban J connectivity index is 2.07. The summed E-state index contributed by atoms with van der Waals surface area (Å²) in [6, 6.07) is 4.54. The van der Waals surface area contributed by atoms with Crippen LogP contribution in [0.5, 0.6) is 5.88 Å². The molecule has 3 aromatic rings. The van der Waals surface area contributed by atoms with Crippen LogP contribution in [-0.4, -0.2) is 20.0 Å².